The molecule has 2 rings (SSSR count). The summed E-state index contributed by atoms with van der Waals surface area (Å²) in [6.45, 7) is 6.81. The summed E-state index contributed by atoms with van der Waals surface area (Å²) in [7, 11) is 1.76. The Morgan fingerprint density at radius 2 is 2.06 bits per heavy atom. The summed E-state index contributed by atoms with van der Waals surface area (Å²) in [5, 5.41) is 0. The predicted molar refractivity (Wildman–Crippen MR) is 68.2 cm³/mol. The fourth-order valence-electron chi connectivity index (χ4n) is 2.89. The molecule has 0 heterocycles. The van der Waals surface area contributed by atoms with Crippen LogP contribution in [0.5, 0.6) is 5.75 Å². The van der Waals surface area contributed by atoms with Crippen molar-refractivity contribution in [2.45, 2.75) is 46.0 Å². The average molecular weight is 218 g/mol. The highest BCUT2D eigenvalue weighted by Gasteiger charge is 2.23. The molecule has 1 aromatic carbocycles. The number of hydrogen-bond donors (Lipinski definition) is 0. The molecule has 1 aromatic rings. The molecular formula is C15H22O. The van der Waals surface area contributed by atoms with Gasteiger partial charge in [-0.1, -0.05) is 19.9 Å². The molecule has 16 heavy (non-hydrogen) atoms. The van der Waals surface area contributed by atoms with Crippen molar-refractivity contribution in [2.24, 2.45) is 5.92 Å². The van der Waals surface area contributed by atoms with Crippen molar-refractivity contribution in [1.29, 1.82) is 0 Å². The van der Waals surface area contributed by atoms with Gasteiger partial charge in [0.1, 0.15) is 5.75 Å². The summed E-state index contributed by atoms with van der Waals surface area (Å²) in [6.07, 6.45) is 3.88. The SMILES string of the molecule is COc1cc2c(cc1C)[C@@H](C(C)C)CCC2. The number of rotatable bonds is 2. The van der Waals surface area contributed by atoms with E-state index in [1.165, 1.54) is 30.4 Å². The van der Waals surface area contributed by atoms with Gasteiger partial charge in [-0.15, -0.1) is 0 Å². The van der Waals surface area contributed by atoms with Gasteiger partial charge >= 0.3 is 0 Å². The lowest BCUT2D eigenvalue weighted by molar-refractivity contribution is 0.404. The van der Waals surface area contributed by atoms with Crippen LogP contribution in [-0.4, -0.2) is 7.11 Å². The smallest absolute Gasteiger partial charge is 0.122 e. The van der Waals surface area contributed by atoms with Gasteiger partial charge in [0.15, 0.2) is 0 Å². The predicted octanol–water partition coefficient (Wildman–Crippen LogP) is 4.08. The second-order valence-electron chi connectivity index (χ2n) is 5.26. The van der Waals surface area contributed by atoms with Gasteiger partial charge in [0.05, 0.1) is 7.11 Å². The summed E-state index contributed by atoms with van der Waals surface area (Å²) in [4.78, 5) is 0. The highest BCUT2D eigenvalue weighted by Crippen LogP contribution is 2.39. The van der Waals surface area contributed by atoms with E-state index in [1.54, 1.807) is 12.7 Å². The van der Waals surface area contributed by atoms with Gasteiger partial charge in [-0.05, 0) is 60.8 Å². The Hall–Kier alpha value is -0.980. The Balaban J connectivity index is 2.45. The maximum atomic E-state index is 5.41. The van der Waals surface area contributed by atoms with Crippen LogP contribution in [0, 0.1) is 12.8 Å². The number of ether oxygens (including phenoxy) is 1. The number of hydrogen-bond acceptors (Lipinski definition) is 1. The molecule has 1 aliphatic carbocycles. The van der Waals surface area contributed by atoms with Gasteiger partial charge in [-0.25, -0.2) is 0 Å². The third-order valence-electron chi connectivity index (χ3n) is 3.82. The van der Waals surface area contributed by atoms with E-state index in [9.17, 15) is 0 Å². The molecule has 0 unspecified atom stereocenters. The average Bonchev–Trinajstić information content (AvgIpc) is 2.27. The van der Waals surface area contributed by atoms with Gasteiger partial charge in [-0.2, -0.15) is 0 Å². The minimum Gasteiger partial charge on any atom is -0.496 e. The first-order chi connectivity index (χ1) is 7.63. The molecule has 0 amide bonds. The molecular weight excluding hydrogens is 196 g/mol. The van der Waals surface area contributed by atoms with Crippen molar-refractivity contribution in [2.75, 3.05) is 7.11 Å². The second kappa shape index (κ2) is 4.48. The maximum Gasteiger partial charge on any atom is 0.122 e. The molecule has 1 nitrogen and oxygen atoms in total. The van der Waals surface area contributed by atoms with Gasteiger partial charge in [0.25, 0.3) is 0 Å². The molecule has 0 bridgehead atoms. The lowest BCUT2D eigenvalue weighted by atomic mass is 9.76. The van der Waals surface area contributed by atoms with Crippen LogP contribution in [0.4, 0.5) is 0 Å². The zero-order valence-electron chi connectivity index (χ0n) is 10.8. The van der Waals surface area contributed by atoms with Crippen molar-refractivity contribution in [3.05, 3.63) is 28.8 Å². The first-order valence-corrected chi connectivity index (χ1v) is 6.31. The van der Waals surface area contributed by atoms with Crippen LogP contribution in [-0.2, 0) is 6.42 Å². The number of benzene rings is 1. The third-order valence-corrected chi connectivity index (χ3v) is 3.82. The molecule has 0 aliphatic heterocycles. The standard InChI is InChI=1S/C15H22O/c1-10(2)13-7-5-6-12-9-15(16-4)11(3)8-14(12)13/h8-10,13H,5-7H2,1-4H3/t13-/m1/s1. The molecule has 0 N–H and O–H groups in total. The Kier molecular flexibility index (Phi) is 3.22. The number of aryl methyl sites for hydroxylation is 2. The largest absolute Gasteiger partial charge is 0.496 e. The summed E-state index contributed by atoms with van der Waals surface area (Å²) in [5.41, 5.74) is 4.35. The van der Waals surface area contributed by atoms with E-state index in [2.05, 4.69) is 32.9 Å². The monoisotopic (exact) mass is 218 g/mol. The fraction of sp³-hybridized carbons (Fsp3) is 0.600. The topological polar surface area (TPSA) is 9.23 Å². The minimum atomic E-state index is 0.742. The van der Waals surface area contributed by atoms with E-state index < -0.39 is 0 Å². The summed E-state index contributed by atoms with van der Waals surface area (Å²) in [5.74, 6) is 2.53. The molecule has 1 aliphatic rings. The van der Waals surface area contributed by atoms with Crippen LogP contribution in [0.25, 0.3) is 0 Å². The molecule has 88 valence electrons. The molecule has 0 spiro atoms. The van der Waals surface area contributed by atoms with E-state index in [-0.39, 0.29) is 0 Å². The highest BCUT2D eigenvalue weighted by atomic mass is 16.5. The van der Waals surface area contributed by atoms with E-state index in [0.29, 0.717) is 0 Å². The van der Waals surface area contributed by atoms with Crippen molar-refractivity contribution < 1.29 is 4.74 Å². The van der Waals surface area contributed by atoms with Crippen LogP contribution in [0.2, 0.25) is 0 Å². The zero-order chi connectivity index (χ0) is 11.7. The van der Waals surface area contributed by atoms with Gasteiger partial charge < -0.3 is 4.74 Å². The lowest BCUT2D eigenvalue weighted by Crippen LogP contribution is -2.15. The molecule has 0 saturated heterocycles. The first-order valence-electron chi connectivity index (χ1n) is 6.31. The molecule has 1 heteroatoms. The van der Waals surface area contributed by atoms with Crippen molar-refractivity contribution >= 4 is 0 Å². The third kappa shape index (κ3) is 1.95. The molecule has 1 atom stereocenters. The second-order valence-corrected chi connectivity index (χ2v) is 5.26. The Morgan fingerprint density at radius 1 is 1.31 bits per heavy atom. The molecule has 0 fully saturated rings. The Bertz CT molecular complexity index is 379. The summed E-state index contributed by atoms with van der Waals surface area (Å²) in [6, 6.07) is 4.59. The Morgan fingerprint density at radius 3 is 2.69 bits per heavy atom. The Labute approximate surface area is 98.8 Å². The lowest BCUT2D eigenvalue weighted by Gasteiger charge is -2.29. The molecule has 0 radical (unpaired) electrons. The van der Waals surface area contributed by atoms with Crippen LogP contribution in [0.1, 0.15) is 49.3 Å². The van der Waals surface area contributed by atoms with Crippen molar-refractivity contribution in [3.63, 3.8) is 0 Å². The first kappa shape index (κ1) is 11.5. The fourth-order valence-corrected chi connectivity index (χ4v) is 2.89. The molecule has 0 saturated carbocycles. The van der Waals surface area contributed by atoms with Gasteiger partial charge in [0.2, 0.25) is 0 Å². The number of methoxy groups -OCH3 is 1. The maximum absolute atomic E-state index is 5.41. The zero-order valence-corrected chi connectivity index (χ0v) is 10.8. The van der Waals surface area contributed by atoms with E-state index >= 15 is 0 Å². The van der Waals surface area contributed by atoms with E-state index in [4.69, 9.17) is 4.74 Å². The van der Waals surface area contributed by atoms with Gasteiger partial charge in [-0.3, -0.25) is 0 Å². The quantitative estimate of drug-likeness (QED) is 0.726. The number of fused-ring (bicyclic) bond motifs is 1. The summed E-state index contributed by atoms with van der Waals surface area (Å²) >= 11 is 0. The van der Waals surface area contributed by atoms with Crippen LogP contribution >= 0.6 is 0 Å². The highest BCUT2D eigenvalue weighted by molar-refractivity contribution is 5.44. The minimum absolute atomic E-state index is 0.742. The van der Waals surface area contributed by atoms with Crippen LogP contribution in [0.3, 0.4) is 0 Å². The summed E-state index contributed by atoms with van der Waals surface area (Å²) < 4.78 is 5.41. The van der Waals surface area contributed by atoms with Crippen LogP contribution in [0.15, 0.2) is 12.1 Å². The normalized spacial score (nSPS) is 19.7. The van der Waals surface area contributed by atoms with Crippen LogP contribution < -0.4 is 4.74 Å². The van der Waals surface area contributed by atoms with Gasteiger partial charge in [0, 0.05) is 0 Å². The van der Waals surface area contributed by atoms with Crippen molar-refractivity contribution in [3.8, 4) is 5.75 Å². The molecule has 0 aromatic heterocycles. The van der Waals surface area contributed by atoms with E-state index in [0.717, 1.165) is 17.6 Å². The van der Waals surface area contributed by atoms with Crippen molar-refractivity contribution in [1.82, 2.24) is 0 Å². The van der Waals surface area contributed by atoms with E-state index in [1.807, 2.05) is 0 Å².